The van der Waals surface area contributed by atoms with Crippen LogP contribution in [0.4, 0.5) is 13.2 Å². The molecule has 0 bridgehead atoms. The monoisotopic (exact) mass is 251 g/mol. The third-order valence-electron chi connectivity index (χ3n) is 2.86. The van der Waals surface area contributed by atoms with Crippen LogP contribution < -0.4 is 0 Å². The largest absolute Gasteiger partial charge is 0.443 e. The van der Waals surface area contributed by atoms with Crippen molar-refractivity contribution in [2.24, 2.45) is 0 Å². The highest BCUT2D eigenvalue weighted by atomic mass is 32.1. The van der Waals surface area contributed by atoms with Gasteiger partial charge in [0.2, 0.25) is 0 Å². The zero-order valence-electron chi connectivity index (χ0n) is 8.50. The van der Waals surface area contributed by atoms with Crippen LogP contribution in [0.15, 0.2) is 6.20 Å². The summed E-state index contributed by atoms with van der Waals surface area (Å²) in [4.78, 5) is 3.93. The van der Waals surface area contributed by atoms with E-state index in [4.69, 9.17) is 0 Å². The molecule has 6 heteroatoms. The Bertz CT molecular complexity index is 363. The summed E-state index contributed by atoms with van der Waals surface area (Å²) in [6.07, 6.45) is -0.307. The van der Waals surface area contributed by atoms with Gasteiger partial charge in [0.1, 0.15) is 0 Å². The van der Waals surface area contributed by atoms with Gasteiger partial charge in [0.15, 0.2) is 5.01 Å². The van der Waals surface area contributed by atoms with Crippen molar-refractivity contribution in [2.75, 3.05) is 0 Å². The van der Waals surface area contributed by atoms with Crippen molar-refractivity contribution in [3.05, 3.63) is 16.1 Å². The summed E-state index contributed by atoms with van der Waals surface area (Å²) in [5.41, 5.74) is 0. The fraction of sp³-hybridized carbons (Fsp3) is 0.700. The molecule has 1 heterocycles. The predicted octanol–water partition coefficient (Wildman–Crippen LogP) is 3.18. The second kappa shape index (κ2) is 4.33. The van der Waals surface area contributed by atoms with Crippen LogP contribution in [-0.2, 0) is 6.18 Å². The maximum Gasteiger partial charge on any atom is 0.443 e. The van der Waals surface area contributed by atoms with Crippen LogP contribution in [0, 0.1) is 0 Å². The lowest BCUT2D eigenvalue weighted by molar-refractivity contribution is -0.137. The Labute approximate surface area is 95.1 Å². The Balaban J connectivity index is 2.18. The molecule has 2 nitrogen and oxygen atoms in total. The molecule has 0 aromatic carbocycles. The maximum atomic E-state index is 12.4. The molecule has 1 fully saturated rings. The number of aromatic nitrogens is 1. The summed E-state index contributed by atoms with van der Waals surface area (Å²) in [5, 5.41) is 8.91. The van der Waals surface area contributed by atoms with Gasteiger partial charge in [-0.1, -0.05) is 12.8 Å². The smallest absolute Gasteiger partial charge is 0.392 e. The van der Waals surface area contributed by atoms with E-state index >= 15 is 0 Å². The third kappa shape index (κ3) is 2.38. The number of alkyl halides is 3. The lowest BCUT2D eigenvalue weighted by Gasteiger charge is -2.26. The zero-order valence-corrected chi connectivity index (χ0v) is 9.31. The SMILES string of the molecule is OC1CCCCC1c1cnc(C(F)(F)F)s1. The summed E-state index contributed by atoms with van der Waals surface area (Å²) in [5.74, 6) is -0.164. The first-order chi connectivity index (χ1) is 7.48. The fourth-order valence-electron chi connectivity index (χ4n) is 2.03. The Morgan fingerprint density at radius 2 is 2.00 bits per heavy atom. The average Bonchev–Trinajstić information content (AvgIpc) is 2.66. The molecule has 1 aliphatic rings. The summed E-state index contributed by atoms with van der Waals surface area (Å²) in [7, 11) is 0. The summed E-state index contributed by atoms with van der Waals surface area (Å²) in [6.45, 7) is 0. The van der Waals surface area contributed by atoms with Gasteiger partial charge in [-0.15, -0.1) is 11.3 Å². The second-order valence-electron chi connectivity index (χ2n) is 4.02. The van der Waals surface area contributed by atoms with E-state index in [1.54, 1.807) is 0 Å². The number of thiazole rings is 1. The van der Waals surface area contributed by atoms with Crippen molar-refractivity contribution in [3.8, 4) is 0 Å². The number of hydrogen-bond donors (Lipinski definition) is 1. The highest BCUT2D eigenvalue weighted by Gasteiger charge is 2.36. The second-order valence-corrected chi connectivity index (χ2v) is 5.09. The highest BCUT2D eigenvalue weighted by molar-refractivity contribution is 7.11. The van der Waals surface area contributed by atoms with Gasteiger partial charge in [-0.3, -0.25) is 0 Å². The Morgan fingerprint density at radius 1 is 1.31 bits per heavy atom. The molecule has 0 saturated heterocycles. The molecular formula is C10H12F3NOS. The van der Waals surface area contributed by atoms with E-state index in [0.29, 0.717) is 22.6 Å². The molecule has 2 rings (SSSR count). The Morgan fingerprint density at radius 3 is 2.56 bits per heavy atom. The normalized spacial score (nSPS) is 27.0. The van der Waals surface area contributed by atoms with Crippen LogP contribution in [0.3, 0.4) is 0 Å². The lowest BCUT2D eigenvalue weighted by Crippen LogP contribution is -2.21. The molecule has 0 amide bonds. The number of hydrogen-bond acceptors (Lipinski definition) is 3. The van der Waals surface area contributed by atoms with Crippen LogP contribution in [0.2, 0.25) is 0 Å². The van der Waals surface area contributed by atoms with Crippen molar-refractivity contribution < 1.29 is 18.3 Å². The van der Waals surface area contributed by atoms with E-state index in [1.807, 2.05) is 0 Å². The van der Waals surface area contributed by atoms with E-state index in [2.05, 4.69) is 4.98 Å². The van der Waals surface area contributed by atoms with E-state index in [0.717, 1.165) is 19.3 Å². The minimum absolute atomic E-state index is 0.164. The van der Waals surface area contributed by atoms with E-state index in [-0.39, 0.29) is 5.92 Å². The minimum Gasteiger partial charge on any atom is -0.392 e. The molecule has 1 aromatic heterocycles. The van der Waals surface area contributed by atoms with E-state index in [9.17, 15) is 18.3 Å². The summed E-state index contributed by atoms with van der Waals surface area (Å²) >= 11 is 0.654. The number of nitrogens with zero attached hydrogens (tertiary/aromatic N) is 1. The fourth-order valence-corrected chi connectivity index (χ4v) is 3.01. The number of rotatable bonds is 1. The maximum absolute atomic E-state index is 12.4. The van der Waals surface area contributed by atoms with Gasteiger partial charge in [0, 0.05) is 17.0 Å². The molecule has 1 saturated carbocycles. The van der Waals surface area contributed by atoms with Crippen LogP contribution in [0.25, 0.3) is 0 Å². The average molecular weight is 251 g/mol. The molecule has 1 aromatic rings. The summed E-state index contributed by atoms with van der Waals surface area (Å²) < 4.78 is 37.1. The molecule has 1 aliphatic carbocycles. The minimum atomic E-state index is -4.37. The van der Waals surface area contributed by atoms with Crippen molar-refractivity contribution in [2.45, 2.75) is 43.9 Å². The van der Waals surface area contributed by atoms with E-state index < -0.39 is 17.3 Å². The summed E-state index contributed by atoms with van der Waals surface area (Å²) in [6, 6.07) is 0. The number of halogens is 3. The van der Waals surface area contributed by atoms with Gasteiger partial charge in [-0.2, -0.15) is 13.2 Å². The topological polar surface area (TPSA) is 33.1 Å². The number of aliphatic hydroxyl groups is 1. The molecule has 1 N–H and O–H groups in total. The van der Waals surface area contributed by atoms with Gasteiger partial charge >= 0.3 is 6.18 Å². The molecule has 0 spiro atoms. The first-order valence-electron chi connectivity index (χ1n) is 5.19. The van der Waals surface area contributed by atoms with Crippen LogP contribution in [0.5, 0.6) is 0 Å². The van der Waals surface area contributed by atoms with Gasteiger partial charge in [0.05, 0.1) is 6.10 Å². The molecule has 0 aliphatic heterocycles. The molecule has 90 valence electrons. The van der Waals surface area contributed by atoms with Crippen molar-refractivity contribution in [1.29, 1.82) is 0 Å². The molecule has 2 unspecified atom stereocenters. The highest BCUT2D eigenvalue weighted by Crippen LogP contribution is 2.39. The predicted molar refractivity (Wildman–Crippen MR) is 54.3 cm³/mol. The third-order valence-corrected chi connectivity index (χ3v) is 4.04. The van der Waals surface area contributed by atoms with Gasteiger partial charge in [-0.05, 0) is 12.8 Å². The zero-order chi connectivity index (χ0) is 11.8. The first kappa shape index (κ1) is 11.9. The Kier molecular flexibility index (Phi) is 3.21. The molecular weight excluding hydrogens is 239 g/mol. The van der Waals surface area contributed by atoms with Crippen molar-refractivity contribution in [3.63, 3.8) is 0 Å². The number of aliphatic hydroxyl groups excluding tert-OH is 1. The standard InChI is InChI=1S/C10H12F3NOS/c11-10(12,13)9-14-5-8(16-9)6-3-1-2-4-7(6)15/h5-7,15H,1-4H2. The lowest BCUT2D eigenvalue weighted by atomic mass is 9.86. The molecule has 2 atom stereocenters. The van der Waals surface area contributed by atoms with Gasteiger partial charge in [0.25, 0.3) is 0 Å². The quantitative estimate of drug-likeness (QED) is 0.831. The van der Waals surface area contributed by atoms with Gasteiger partial charge < -0.3 is 5.11 Å². The van der Waals surface area contributed by atoms with Crippen LogP contribution in [0.1, 0.15) is 41.5 Å². The van der Waals surface area contributed by atoms with Crippen LogP contribution >= 0.6 is 11.3 Å². The van der Waals surface area contributed by atoms with E-state index in [1.165, 1.54) is 6.20 Å². The molecule has 16 heavy (non-hydrogen) atoms. The molecule has 0 radical (unpaired) electrons. The van der Waals surface area contributed by atoms with Crippen molar-refractivity contribution >= 4 is 11.3 Å². The first-order valence-corrected chi connectivity index (χ1v) is 6.01. The van der Waals surface area contributed by atoms with Crippen LogP contribution in [-0.4, -0.2) is 16.2 Å². The van der Waals surface area contributed by atoms with Crippen molar-refractivity contribution in [1.82, 2.24) is 4.98 Å². The van der Waals surface area contributed by atoms with Gasteiger partial charge in [-0.25, -0.2) is 4.98 Å². The Hall–Kier alpha value is -0.620.